The first-order valence-electron chi connectivity index (χ1n) is 12.5. The number of hydrogen-bond acceptors (Lipinski definition) is 2. The molecule has 3 heteroatoms. The number of aliphatic carboxylic acids is 1. The van der Waals surface area contributed by atoms with Crippen LogP contribution in [0.4, 0.5) is 0 Å². The summed E-state index contributed by atoms with van der Waals surface area (Å²) in [6.07, 6.45) is 12.5. The van der Waals surface area contributed by atoms with Crippen molar-refractivity contribution in [1.29, 1.82) is 5.26 Å². The predicted octanol–water partition coefficient (Wildman–Crippen LogP) is 7.62. The summed E-state index contributed by atoms with van der Waals surface area (Å²) in [7, 11) is 0. The SMILES string of the molecule is C=C(CCCCC#N)[C@H]1CC[C@]2(C)[C@@H](C(C)CCCC(C)C)CC[C@H]2[C@@H]1CC(=O)O. The molecule has 0 bridgehead atoms. The van der Waals surface area contributed by atoms with E-state index in [2.05, 4.69) is 40.3 Å². The minimum Gasteiger partial charge on any atom is -0.481 e. The topological polar surface area (TPSA) is 61.1 Å². The van der Waals surface area contributed by atoms with Crippen LogP contribution in [0.1, 0.15) is 105 Å². The summed E-state index contributed by atoms with van der Waals surface area (Å²) in [5.74, 6) is 2.68. The van der Waals surface area contributed by atoms with E-state index in [4.69, 9.17) is 5.26 Å². The molecular weight excluding hydrogens is 370 g/mol. The summed E-state index contributed by atoms with van der Waals surface area (Å²) in [5, 5.41) is 18.5. The van der Waals surface area contributed by atoms with Gasteiger partial charge in [-0.25, -0.2) is 0 Å². The van der Waals surface area contributed by atoms with E-state index in [1.54, 1.807) is 0 Å². The molecule has 2 rings (SSSR count). The molecule has 2 aliphatic rings. The molecular formula is C27H45NO2. The van der Waals surface area contributed by atoms with Crippen LogP contribution in [0.5, 0.6) is 0 Å². The summed E-state index contributed by atoms with van der Waals surface area (Å²) in [6.45, 7) is 14.0. The summed E-state index contributed by atoms with van der Waals surface area (Å²) < 4.78 is 0. The maximum atomic E-state index is 11.8. The van der Waals surface area contributed by atoms with Crippen molar-refractivity contribution >= 4 is 5.97 Å². The Bertz CT molecular complexity index is 619. The number of fused-ring (bicyclic) bond motifs is 1. The second-order valence-corrected chi connectivity index (χ2v) is 11.0. The molecule has 2 aliphatic carbocycles. The number of unbranched alkanes of at least 4 members (excludes halogenated alkanes) is 2. The molecule has 0 saturated heterocycles. The van der Waals surface area contributed by atoms with Crippen LogP contribution in [0.25, 0.3) is 0 Å². The highest BCUT2D eigenvalue weighted by atomic mass is 16.4. The van der Waals surface area contributed by atoms with Crippen LogP contribution in [-0.2, 0) is 4.79 Å². The van der Waals surface area contributed by atoms with Gasteiger partial charge in [-0.2, -0.15) is 5.26 Å². The van der Waals surface area contributed by atoms with Gasteiger partial charge in [0.15, 0.2) is 0 Å². The first-order chi connectivity index (χ1) is 14.2. The minimum absolute atomic E-state index is 0.234. The Labute approximate surface area is 185 Å². The first kappa shape index (κ1) is 25.0. The van der Waals surface area contributed by atoms with Crippen LogP contribution in [0.2, 0.25) is 0 Å². The molecule has 1 N–H and O–H groups in total. The third-order valence-electron chi connectivity index (χ3n) is 8.61. The zero-order valence-corrected chi connectivity index (χ0v) is 20.0. The number of allylic oxidation sites excluding steroid dienone is 1. The van der Waals surface area contributed by atoms with E-state index in [0.29, 0.717) is 18.3 Å². The lowest BCUT2D eigenvalue weighted by Gasteiger charge is -2.50. The molecule has 0 aromatic heterocycles. The number of carbonyl (C=O) groups is 1. The van der Waals surface area contributed by atoms with E-state index in [0.717, 1.165) is 43.4 Å². The van der Waals surface area contributed by atoms with Gasteiger partial charge in [-0.05, 0) is 85.9 Å². The number of nitrogens with zero attached hydrogens (tertiary/aromatic N) is 1. The number of carboxylic acid groups (broad SMARTS) is 1. The lowest BCUT2D eigenvalue weighted by molar-refractivity contribution is -0.140. The van der Waals surface area contributed by atoms with Gasteiger partial charge in [0.1, 0.15) is 0 Å². The fraction of sp³-hybridized carbons (Fsp3) is 0.852. The fourth-order valence-electron chi connectivity index (χ4n) is 7.05. The van der Waals surface area contributed by atoms with Crippen molar-refractivity contribution in [3.05, 3.63) is 12.2 Å². The van der Waals surface area contributed by atoms with Crippen molar-refractivity contribution in [2.24, 2.45) is 40.9 Å². The van der Waals surface area contributed by atoms with Gasteiger partial charge in [0.25, 0.3) is 0 Å². The lowest BCUT2D eigenvalue weighted by Crippen LogP contribution is -2.44. The van der Waals surface area contributed by atoms with Crippen molar-refractivity contribution in [2.75, 3.05) is 0 Å². The number of carboxylic acids is 1. The molecule has 0 aromatic rings. The second-order valence-electron chi connectivity index (χ2n) is 11.0. The van der Waals surface area contributed by atoms with Gasteiger partial charge in [0.05, 0.1) is 6.07 Å². The fourth-order valence-corrected chi connectivity index (χ4v) is 7.05. The number of nitriles is 1. The summed E-state index contributed by atoms with van der Waals surface area (Å²) in [4.78, 5) is 11.8. The van der Waals surface area contributed by atoms with E-state index in [9.17, 15) is 9.90 Å². The Morgan fingerprint density at radius 3 is 2.53 bits per heavy atom. The molecule has 1 unspecified atom stereocenters. The maximum Gasteiger partial charge on any atom is 0.303 e. The normalized spacial score (nSPS) is 31.9. The Morgan fingerprint density at radius 1 is 1.17 bits per heavy atom. The molecule has 0 spiro atoms. The first-order valence-corrected chi connectivity index (χ1v) is 12.5. The van der Waals surface area contributed by atoms with Gasteiger partial charge in [-0.3, -0.25) is 4.79 Å². The molecule has 0 aromatic carbocycles. The molecule has 0 amide bonds. The molecule has 6 atom stereocenters. The minimum atomic E-state index is -0.653. The van der Waals surface area contributed by atoms with Gasteiger partial charge in [0.2, 0.25) is 0 Å². The van der Waals surface area contributed by atoms with E-state index in [-0.39, 0.29) is 17.8 Å². The molecule has 2 saturated carbocycles. The smallest absolute Gasteiger partial charge is 0.303 e. The largest absolute Gasteiger partial charge is 0.481 e. The molecule has 0 radical (unpaired) electrons. The van der Waals surface area contributed by atoms with Crippen LogP contribution in [0.3, 0.4) is 0 Å². The predicted molar refractivity (Wildman–Crippen MR) is 124 cm³/mol. The summed E-state index contributed by atoms with van der Waals surface area (Å²) >= 11 is 0. The zero-order chi connectivity index (χ0) is 22.3. The second kappa shape index (κ2) is 11.4. The van der Waals surface area contributed by atoms with Gasteiger partial charge >= 0.3 is 5.97 Å². The van der Waals surface area contributed by atoms with Crippen molar-refractivity contribution in [3.8, 4) is 6.07 Å². The highest BCUT2D eigenvalue weighted by molar-refractivity contribution is 5.67. The Morgan fingerprint density at radius 2 is 1.90 bits per heavy atom. The Kier molecular flexibility index (Phi) is 9.45. The standard InChI is InChI=1S/C27H45NO2/c1-19(2)10-9-12-21(4)24-13-14-25-23(18-26(29)30)22(15-16-27(24,25)5)20(3)11-7-6-8-17-28/h19,21-25H,3,6-16,18H2,1-2,4-5H3,(H,29,30)/t21?,22-,23-,24-,25+,27-/m1/s1. The summed E-state index contributed by atoms with van der Waals surface area (Å²) in [5.41, 5.74) is 1.53. The zero-order valence-electron chi connectivity index (χ0n) is 20.0. The van der Waals surface area contributed by atoms with Crippen molar-refractivity contribution in [3.63, 3.8) is 0 Å². The van der Waals surface area contributed by atoms with Crippen molar-refractivity contribution < 1.29 is 9.90 Å². The van der Waals surface area contributed by atoms with Gasteiger partial charge in [-0.15, -0.1) is 0 Å². The monoisotopic (exact) mass is 415 g/mol. The van der Waals surface area contributed by atoms with Crippen molar-refractivity contribution in [1.82, 2.24) is 0 Å². The van der Waals surface area contributed by atoms with E-state index >= 15 is 0 Å². The van der Waals surface area contributed by atoms with E-state index in [1.165, 1.54) is 44.1 Å². The molecule has 0 heterocycles. The third-order valence-corrected chi connectivity index (χ3v) is 8.61. The lowest BCUT2D eigenvalue weighted by atomic mass is 9.54. The molecule has 2 fully saturated rings. The maximum absolute atomic E-state index is 11.8. The van der Waals surface area contributed by atoms with Crippen LogP contribution < -0.4 is 0 Å². The molecule has 0 aliphatic heterocycles. The van der Waals surface area contributed by atoms with E-state index < -0.39 is 5.97 Å². The van der Waals surface area contributed by atoms with Gasteiger partial charge in [0, 0.05) is 12.8 Å². The highest BCUT2D eigenvalue weighted by Gasteiger charge is 2.55. The average Bonchev–Trinajstić information content (AvgIpc) is 3.02. The highest BCUT2D eigenvalue weighted by Crippen LogP contribution is 2.62. The molecule has 3 nitrogen and oxygen atoms in total. The number of rotatable bonds is 12. The Balaban J connectivity index is 2.08. The Hall–Kier alpha value is -1.30. The van der Waals surface area contributed by atoms with Crippen LogP contribution in [0, 0.1) is 52.3 Å². The summed E-state index contributed by atoms with van der Waals surface area (Å²) in [6, 6.07) is 2.22. The van der Waals surface area contributed by atoms with Crippen LogP contribution >= 0.6 is 0 Å². The van der Waals surface area contributed by atoms with Crippen LogP contribution in [-0.4, -0.2) is 11.1 Å². The molecule has 170 valence electrons. The van der Waals surface area contributed by atoms with E-state index in [1.807, 2.05) is 0 Å². The number of hydrogen-bond donors (Lipinski definition) is 1. The molecule has 30 heavy (non-hydrogen) atoms. The van der Waals surface area contributed by atoms with Crippen LogP contribution in [0.15, 0.2) is 12.2 Å². The third kappa shape index (κ3) is 6.12. The average molecular weight is 416 g/mol. The van der Waals surface area contributed by atoms with Crippen molar-refractivity contribution in [2.45, 2.75) is 105 Å². The van der Waals surface area contributed by atoms with Gasteiger partial charge < -0.3 is 5.11 Å². The quantitative estimate of drug-likeness (QED) is 0.263. The van der Waals surface area contributed by atoms with Gasteiger partial charge in [-0.1, -0.05) is 59.1 Å².